The predicted octanol–water partition coefficient (Wildman–Crippen LogP) is 3.36. The second-order valence-electron chi connectivity index (χ2n) is 5.68. The van der Waals surface area contributed by atoms with Gasteiger partial charge in [-0.3, -0.25) is 4.79 Å². The second kappa shape index (κ2) is 7.05. The van der Waals surface area contributed by atoms with Gasteiger partial charge in [0.05, 0.1) is 6.04 Å². The van der Waals surface area contributed by atoms with Crippen molar-refractivity contribution in [3.8, 4) is 5.75 Å². The molecule has 6 heteroatoms. The van der Waals surface area contributed by atoms with E-state index in [2.05, 4.69) is 18.4 Å². The molecule has 0 radical (unpaired) electrons. The third-order valence-electron chi connectivity index (χ3n) is 4.19. The summed E-state index contributed by atoms with van der Waals surface area (Å²) in [5.74, 6) is -0.692. The molecule has 1 aromatic heterocycles. The van der Waals surface area contributed by atoms with E-state index in [-0.39, 0.29) is 11.9 Å². The molecule has 3 rings (SSSR count). The maximum atomic E-state index is 12.9. The number of amides is 1. The molecule has 24 heavy (non-hydrogen) atoms. The van der Waals surface area contributed by atoms with Gasteiger partial charge in [-0.1, -0.05) is 13.0 Å². The summed E-state index contributed by atoms with van der Waals surface area (Å²) in [6.07, 6.45) is 1.75. The molecule has 1 amide bonds. The smallest absolute Gasteiger partial charge is 0.341 e. The largest absolute Gasteiger partial charge is 0.482 e. The van der Waals surface area contributed by atoms with Gasteiger partial charge in [-0.15, -0.1) is 11.3 Å². The Balaban J connectivity index is 1.81. The highest BCUT2D eigenvalue weighted by molar-refractivity contribution is 7.10. The average molecular weight is 345 g/mol. The molecule has 0 aliphatic carbocycles. The van der Waals surface area contributed by atoms with Gasteiger partial charge in [0.15, 0.2) is 6.61 Å². The number of benzene rings is 1. The van der Waals surface area contributed by atoms with E-state index in [1.807, 2.05) is 4.90 Å². The summed E-state index contributed by atoms with van der Waals surface area (Å²) in [6, 6.07) is 8.93. The Bertz CT molecular complexity index is 755. The second-order valence-corrected chi connectivity index (χ2v) is 6.68. The van der Waals surface area contributed by atoms with Gasteiger partial charge < -0.3 is 14.7 Å². The summed E-state index contributed by atoms with van der Waals surface area (Å²) in [4.78, 5) is 26.8. The fraction of sp³-hybridized carbons (Fsp3) is 0.333. The van der Waals surface area contributed by atoms with Crippen LogP contribution in [0.4, 0.5) is 0 Å². The van der Waals surface area contributed by atoms with Crippen LogP contribution in [0.25, 0.3) is 0 Å². The number of carboxylic acid groups (broad SMARTS) is 1. The Kier molecular flexibility index (Phi) is 4.85. The van der Waals surface area contributed by atoms with Crippen molar-refractivity contribution in [3.05, 3.63) is 51.7 Å². The van der Waals surface area contributed by atoms with Gasteiger partial charge in [0.25, 0.3) is 5.91 Å². The minimum absolute atomic E-state index is 0.0422. The number of rotatable bonds is 5. The number of aliphatic carboxylic acids is 1. The summed E-state index contributed by atoms with van der Waals surface area (Å²) >= 11 is 1.75. The third-order valence-corrected chi connectivity index (χ3v) is 5.18. The lowest BCUT2D eigenvalue weighted by molar-refractivity contribution is -0.139. The van der Waals surface area contributed by atoms with Crippen LogP contribution in [0.3, 0.4) is 0 Å². The van der Waals surface area contributed by atoms with Gasteiger partial charge in [0.1, 0.15) is 5.75 Å². The minimum atomic E-state index is -1.04. The van der Waals surface area contributed by atoms with Gasteiger partial charge in [-0.05, 0) is 48.1 Å². The van der Waals surface area contributed by atoms with Crippen molar-refractivity contribution in [1.82, 2.24) is 4.90 Å². The zero-order valence-electron chi connectivity index (χ0n) is 13.4. The molecule has 2 aromatic rings. The van der Waals surface area contributed by atoms with Crippen LogP contribution in [0.15, 0.2) is 35.7 Å². The lowest BCUT2D eigenvalue weighted by Crippen LogP contribution is -2.39. The van der Waals surface area contributed by atoms with Gasteiger partial charge in [0.2, 0.25) is 0 Å². The molecule has 1 unspecified atom stereocenters. The number of ether oxygens (including phenoxy) is 1. The van der Waals surface area contributed by atoms with E-state index in [1.165, 1.54) is 10.4 Å². The van der Waals surface area contributed by atoms with Crippen LogP contribution >= 0.6 is 11.3 Å². The lowest BCUT2D eigenvalue weighted by atomic mass is 9.97. The van der Waals surface area contributed by atoms with E-state index >= 15 is 0 Å². The average Bonchev–Trinajstić information content (AvgIpc) is 3.07. The molecule has 1 N–H and O–H groups in total. The van der Waals surface area contributed by atoms with E-state index in [0.29, 0.717) is 17.9 Å². The van der Waals surface area contributed by atoms with E-state index in [1.54, 1.807) is 35.6 Å². The molecule has 0 fully saturated rings. The van der Waals surface area contributed by atoms with Crippen LogP contribution in [0.2, 0.25) is 0 Å². The van der Waals surface area contributed by atoms with Gasteiger partial charge in [0, 0.05) is 17.0 Å². The van der Waals surface area contributed by atoms with Crippen molar-refractivity contribution < 1.29 is 19.4 Å². The highest BCUT2D eigenvalue weighted by atomic mass is 32.1. The molecule has 0 bridgehead atoms. The van der Waals surface area contributed by atoms with Crippen LogP contribution in [0.5, 0.6) is 5.75 Å². The molecule has 2 heterocycles. The zero-order valence-corrected chi connectivity index (χ0v) is 14.2. The fourth-order valence-electron chi connectivity index (χ4n) is 3.11. The van der Waals surface area contributed by atoms with Crippen LogP contribution in [-0.2, 0) is 11.2 Å². The van der Waals surface area contributed by atoms with E-state index in [4.69, 9.17) is 9.84 Å². The van der Waals surface area contributed by atoms with E-state index in [0.717, 1.165) is 12.8 Å². The molecule has 5 nitrogen and oxygen atoms in total. The third kappa shape index (κ3) is 3.28. The summed E-state index contributed by atoms with van der Waals surface area (Å²) in [6.45, 7) is 2.37. The van der Waals surface area contributed by atoms with Crippen molar-refractivity contribution in [3.63, 3.8) is 0 Å². The fourth-order valence-corrected chi connectivity index (χ4v) is 4.04. The quantitative estimate of drug-likeness (QED) is 0.902. The Morgan fingerprint density at radius 1 is 1.38 bits per heavy atom. The summed E-state index contributed by atoms with van der Waals surface area (Å²) in [7, 11) is 0. The predicted molar refractivity (Wildman–Crippen MR) is 91.7 cm³/mol. The van der Waals surface area contributed by atoms with Crippen LogP contribution in [0, 0.1) is 0 Å². The standard InChI is InChI=1S/C18H19NO4S/c1-2-15-14-7-9-24-16(14)6-8-19(15)18(22)12-4-3-5-13(10-12)23-11-17(20)21/h3-5,7,9-10,15H,2,6,8,11H2,1H3,(H,20,21). The van der Waals surface area contributed by atoms with E-state index < -0.39 is 12.6 Å². The Hall–Kier alpha value is -2.34. The molecule has 1 aliphatic heterocycles. The highest BCUT2D eigenvalue weighted by Crippen LogP contribution is 2.36. The lowest BCUT2D eigenvalue weighted by Gasteiger charge is -2.35. The zero-order chi connectivity index (χ0) is 17.1. The Morgan fingerprint density at radius 3 is 2.96 bits per heavy atom. The van der Waals surface area contributed by atoms with Crippen LogP contribution in [-0.4, -0.2) is 35.0 Å². The molecule has 0 saturated carbocycles. The minimum Gasteiger partial charge on any atom is -0.482 e. The topological polar surface area (TPSA) is 66.8 Å². The summed E-state index contributed by atoms with van der Waals surface area (Å²) < 4.78 is 5.17. The van der Waals surface area contributed by atoms with Crippen molar-refractivity contribution in [2.75, 3.05) is 13.2 Å². The number of hydrogen-bond acceptors (Lipinski definition) is 4. The number of carbonyl (C=O) groups excluding carboxylic acids is 1. The Morgan fingerprint density at radius 2 is 2.21 bits per heavy atom. The van der Waals surface area contributed by atoms with Gasteiger partial charge in [-0.2, -0.15) is 0 Å². The normalized spacial score (nSPS) is 16.5. The van der Waals surface area contributed by atoms with Gasteiger partial charge in [-0.25, -0.2) is 4.79 Å². The number of carboxylic acids is 1. The number of thiophene rings is 1. The monoisotopic (exact) mass is 345 g/mol. The van der Waals surface area contributed by atoms with Gasteiger partial charge >= 0.3 is 5.97 Å². The van der Waals surface area contributed by atoms with Crippen LogP contribution in [0.1, 0.15) is 40.2 Å². The van der Waals surface area contributed by atoms with Crippen molar-refractivity contribution >= 4 is 23.2 Å². The first-order valence-corrected chi connectivity index (χ1v) is 8.80. The molecule has 0 saturated heterocycles. The molecule has 126 valence electrons. The number of fused-ring (bicyclic) bond motifs is 1. The molecule has 1 atom stereocenters. The molecule has 0 spiro atoms. The highest BCUT2D eigenvalue weighted by Gasteiger charge is 2.30. The van der Waals surface area contributed by atoms with Crippen molar-refractivity contribution in [2.24, 2.45) is 0 Å². The van der Waals surface area contributed by atoms with Crippen LogP contribution < -0.4 is 4.74 Å². The first-order valence-electron chi connectivity index (χ1n) is 7.92. The van der Waals surface area contributed by atoms with Crippen molar-refractivity contribution in [1.29, 1.82) is 0 Å². The maximum absolute atomic E-state index is 12.9. The van der Waals surface area contributed by atoms with E-state index in [9.17, 15) is 9.59 Å². The first kappa shape index (κ1) is 16.5. The molecular formula is C18H19NO4S. The number of carbonyl (C=O) groups is 2. The Labute approximate surface area is 144 Å². The molecular weight excluding hydrogens is 326 g/mol. The number of nitrogens with zero attached hydrogens (tertiary/aromatic N) is 1. The SMILES string of the molecule is CCC1c2ccsc2CCN1C(=O)c1cccc(OCC(=O)O)c1. The summed E-state index contributed by atoms with van der Waals surface area (Å²) in [5.41, 5.74) is 1.77. The summed E-state index contributed by atoms with van der Waals surface area (Å²) in [5, 5.41) is 10.8. The first-order chi connectivity index (χ1) is 11.6. The number of hydrogen-bond donors (Lipinski definition) is 1. The molecule has 1 aromatic carbocycles. The maximum Gasteiger partial charge on any atom is 0.341 e. The molecule has 1 aliphatic rings. The van der Waals surface area contributed by atoms with Crippen molar-refractivity contribution in [2.45, 2.75) is 25.8 Å².